The number of aromatic nitrogens is 1. The van der Waals surface area contributed by atoms with Gasteiger partial charge in [0.25, 0.3) is 0 Å². The summed E-state index contributed by atoms with van der Waals surface area (Å²) in [6, 6.07) is 2.00. The van der Waals surface area contributed by atoms with E-state index in [-0.39, 0.29) is 6.29 Å². The fourth-order valence-corrected chi connectivity index (χ4v) is 2.22. The Morgan fingerprint density at radius 2 is 2.41 bits per heavy atom. The summed E-state index contributed by atoms with van der Waals surface area (Å²) in [4.78, 5) is 4.27. The number of nitrogens with two attached hydrogens (primary N) is 1. The molecule has 1 atom stereocenters. The minimum Gasteiger partial charge on any atom is -0.353 e. The summed E-state index contributed by atoms with van der Waals surface area (Å²) < 4.78 is 12.2. The number of rotatable bonds is 4. The van der Waals surface area contributed by atoms with Gasteiger partial charge in [0.2, 0.25) is 0 Å². The van der Waals surface area contributed by atoms with Gasteiger partial charge >= 0.3 is 0 Å². The van der Waals surface area contributed by atoms with Gasteiger partial charge in [-0.1, -0.05) is 0 Å². The lowest BCUT2D eigenvalue weighted by Gasteiger charge is -2.23. The first kappa shape index (κ1) is 13.0. The predicted molar refractivity (Wildman–Crippen MR) is 68.2 cm³/mol. The van der Waals surface area contributed by atoms with Crippen molar-refractivity contribution in [3.8, 4) is 0 Å². The molecule has 17 heavy (non-hydrogen) atoms. The highest BCUT2D eigenvalue weighted by molar-refractivity contribution is 9.10. The van der Waals surface area contributed by atoms with Gasteiger partial charge in [-0.2, -0.15) is 0 Å². The zero-order chi connectivity index (χ0) is 12.1. The summed E-state index contributed by atoms with van der Waals surface area (Å²) in [5.74, 6) is 0. The maximum Gasteiger partial charge on any atom is 0.158 e. The molecular weight excluding hydrogens is 284 g/mol. The monoisotopic (exact) mass is 300 g/mol. The molecule has 1 aliphatic rings. The highest BCUT2D eigenvalue weighted by Gasteiger charge is 2.15. The third-order valence-electron chi connectivity index (χ3n) is 2.78. The molecule has 94 valence electrons. The van der Waals surface area contributed by atoms with Crippen molar-refractivity contribution >= 4 is 15.9 Å². The van der Waals surface area contributed by atoms with Crippen molar-refractivity contribution in [2.24, 2.45) is 5.73 Å². The largest absolute Gasteiger partial charge is 0.353 e. The Hall–Kier alpha value is -0.490. The van der Waals surface area contributed by atoms with Crippen LogP contribution in [0.15, 0.2) is 16.7 Å². The number of pyridine rings is 1. The van der Waals surface area contributed by atoms with Crippen molar-refractivity contribution < 1.29 is 9.47 Å². The first-order chi connectivity index (χ1) is 8.29. The Morgan fingerprint density at radius 1 is 1.53 bits per heavy atom. The minimum atomic E-state index is -0.0756. The first-order valence-corrected chi connectivity index (χ1v) is 6.65. The number of nitrogens with zero attached hydrogens (tertiary/aromatic N) is 1. The molecule has 1 aromatic heterocycles. The van der Waals surface area contributed by atoms with Crippen LogP contribution in [-0.4, -0.2) is 17.9 Å². The van der Waals surface area contributed by atoms with Gasteiger partial charge in [-0.15, -0.1) is 0 Å². The second kappa shape index (κ2) is 6.44. The van der Waals surface area contributed by atoms with E-state index in [1.165, 1.54) is 6.42 Å². The highest BCUT2D eigenvalue weighted by Crippen LogP contribution is 2.18. The van der Waals surface area contributed by atoms with Gasteiger partial charge in [-0.25, -0.2) is 0 Å². The maximum atomic E-state index is 5.73. The molecule has 1 fully saturated rings. The van der Waals surface area contributed by atoms with E-state index in [9.17, 15) is 0 Å². The van der Waals surface area contributed by atoms with Gasteiger partial charge in [0.15, 0.2) is 6.29 Å². The quantitative estimate of drug-likeness (QED) is 0.927. The van der Waals surface area contributed by atoms with Crippen molar-refractivity contribution in [3.63, 3.8) is 0 Å². The molecule has 2 heterocycles. The van der Waals surface area contributed by atoms with Gasteiger partial charge in [-0.3, -0.25) is 4.98 Å². The molecule has 1 aliphatic heterocycles. The Kier molecular flexibility index (Phi) is 4.91. The van der Waals surface area contributed by atoms with Crippen molar-refractivity contribution in [1.82, 2.24) is 4.98 Å². The van der Waals surface area contributed by atoms with E-state index in [4.69, 9.17) is 15.2 Å². The van der Waals surface area contributed by atoms with Crippen LogP contribution in [-0.2, 0) is 22.6 Å². The van der Waals surface area contributed by atoms with E-state index in [0.717, 1.165) is 35.2 Å². The lowest BCUT2D eigenvalue weighted by atomic mass is 10.2. The smallest absolute Gasteiger partial charge is 0.158 e. The summed E-state index contributed by atoms with van der Waals surface area (Å²) in [6.07, 6.45) is 4.95. The molecule has 0 aliphatic carbocycles. The molecule has 4 nitrogen and oxygen atoms in total. The minimum absolute atomic E-state index is 0.0756. The molecule has 2 rings (SSSR count). The molecule has 1 unspecified atom stereocenters. The average molecular weight is 301 g/mol. The van der Waals surface area contributed by atoms with Crippen molar-refractivity contribution in [2.75, 3.05) is 6.61 Å². The molecule has 0 saturated carbocycles. The summed E-state index contributed by atoms with van der Waals surface area (Å²) in [5.41, 5.74) is 7.55. The SMILES string of the molecule is NCc1ncc(Br)cc1COC1CCCCO1. The molecule has 0 bridgehead atoms. The second-order valence-electron chi connectivity index (χ2n) is 4.07. The van der Waals surface area contributed by atoms with Crippen molar-refractivity contribution in [1.29, 1.82) is 0 Å². The van der Waals surface area contributed by atoms with Crippen LogP contribution in [0.2, 0.25) is 0 Å². The summed E-state index contributed by atoms with van der Waals surface area (Å²) in [6.45, 7) is 1.73. The Balaban J connectivity index is 1.95. The predicted octanol–water partition coefficient (Wildman–Crippen LogP) is 2.35. The fraction of sp³-hybridized carbons (Fsp3) is 0.583. The zero-order valence-corrected chi connectivity index (χ0v) is 11.3. The molecule has 0 spiro atoms. The molecule has 1 saturated heterocycles. The Labute approximate surface area is 110 Å². The number of hydrogen-bond donors (Lipinski definition) is 1. The summed E-state index contributed by atoms with van der Waals surface area (Å²) in [5, 5.41) is 0. The standard InChI is InChI=1S/C12H17BrN2O2/c13-10-5-9(11(6-14)15-7-10)8-17-12-3-1-2-4-16-12/h5,7,12H,1-4,6,8,14H2. The summed E-state index contributed by atoms with van der Waals surface area (Å²) in [7, 11) is 0. The topological polar surface area (TPSA) is 57.4 Å². The van der Waals surface area contributed by atoms with Crippen molar-refractivity contribution in [2.45, 2.75) is 38.7 Å². The average Bonchev–Trinajstić information content (AvgIpc) is 2.38. The van der Waals surface area contributed by atoms with Crippen LogP contribution in [0.4, 0.5) is 0 Å². The van der Waals surface area contributed by atoms with E-state index in [0.29, 0.717) is 13.2 Å². The van der Waals surface area contributed by atoms with E-state index in [1.54, 1.807) is 6.20 Å². The molecule has 5 heteroatoms. The van der Waals surface area contributed by atoms with Gasteiger partial charge in [0.1, 0.15) is 0 Å². The molecule has 2 N–H and O–H groups in total. The van der Waals surface area contributed by atoms with Crippen LogP contribution < -0.4 is 5.73 Å². The lowest BCUT2D eigenvalue weighted by molar-refractivity contribution is -0.169. The molecule has 0 amide bonds. The normalized spacial score (nSPS) is 20.5. The highest BCUT2D eigenvalue weighted by atomic mass is 79.9. The van der Waals surface area contributed by atoms with E-state index in [1.807, 2.05) is 6.07 Å². The van der Waals surface area contributed by atoms with Crippen LogP contribution >= 0.6 is 15.9 Å². The maximum absolute atomic E-state index is 5.73. The van der Waals surface area contributed by atoms with Crippen molar-refractivity contribution in [3.05, 3.63) is 28.0 Å². The van der Waals surface area contributed by atoms with Gasteiger partial charge in [-0.05, 0) is 41.3 Å². The number of ether oxygens (including phenoxy) is 2. The molecule has 1 aromatic rings. The van der Waals surface area contributed by atoms with Crippen LogP contribution in [0, 0.1) is 0 Å². The van der Waals surface area contributed by atoms with Gasteiger partial charge in [0, 0.05) is 29.4 Å². The van der Waals surface area contributed by atoms with Crippen LogP contribution in [0.5, 0.6) is 0 Å². The van der Waals surface area contributed by atoms with Gasteiger partial charge in [0.05, 0.1) is 12.3 Å². The number of halogens is 1. The van der Waals surface area contributed by atoms with Crippen LogP contribution in [0.1, 0.15) is 30.5 Å². The van der Waals surface area contributed by atoms with E-state index >= 15 is 0 Å². The second-order valence-corrected chi connectivity index (χ2v) is 4.99. The fourth-order valence-electron chi connectivity index (χ4n) is 1.84. The first-order valence-electron chi connectivity index (χ1n) is 5.86. The summed E-state index contributed by atoms with van der Waals surface area (Å²) >= 11 is 3.40. The third-order valence-corrected chi connectivity index (χ3v) is 3.22. The van der Waals surface area contributed by atoms with E-state index in [2.05, 4.69) is 20.9 Å². The molecular formula is C12H17BrN2O2. The molecule has 0 aromatic carbocycles. The van der Waals surface area contributed by atoms with Crippen LogP contribution in [0.25, 0.3) is 0 Å². The molecule has 0 radical (unpaired) electrons. The van der Waals surface area contributed by atoms with Gasteiger partial charge < -0.3 is 15.2 Å². The third kappa shape index (κ3) is 3.74. The Morgan fingerprint density at radius 3 is 3.12 bits per heavy atom. The zero-order valence-electron chi connectivity index (χ0n) is 9.69. The van der Waals surface area contributed by atoms with E-state index < -0.39 is 0 Å². The number of hydrogen-bond acceptors (Lipinski definition) is 4. The lowest BCUT2D eigenvalue weighted by Crippen LogP contribution is -2.22. The Bertz CT molecular complexity index is 368. The van der Waals surface area contributed by atoms with Crippen LogP contribution in [0.3, 0.4) is 0 Å².